The van der Waals surface area contributed by atoms with Crippen LogP contribution in [0.25, 0.3) is 0 Å². The highest BCUT2D eigenvalue weighted by atomic mass is 15.1. The Bertz CT molecular complexity index is 280. The Morgan fingerprint density at radius 1 is 1.29 bits per heavy atom. The number of hydrogen-bond acceptors (Lipinski definition) is 2. The fourth-order valence-corrected chi connectivity index (χ4v) is 2.00. The molecule has 14 heavy (non-hydrogen) atoms. The topological polar surface area (TPSA) is 15.3 Å². The van der Waals surface area contributed by atoms with E-state index in [-0.39, 0.29) is 0 Å². The van der Waals surface area contributed by atoms with Gasteiger partial charge < -0.3 is 10.2 Å². The predicted octanol–water partition coefficient (Wildman–Crippen LogP) is 1.97. The quantitative estimate of drug-likeness (QED) is 0.728. The van der Waals surface area contributed by atoms with Gasteiger partial charge in [0.05, 0.1) is 0 Å². The molecule has 1 atom stereocenters. The molecule has 0 saturated heterocycles. The third kappa shape index (κ3) is 1.90. The Balaban J connectivity index is 2.14. The molecule has 76 valence electrons. The Hall–Kier alpha value is -1.02. The lowest BCUT2D eigenvalue weighted by Gasteiger charge is -2.22. The second-order valence-electron chi connectivity index (χ2n) is 4.19. The lowest BCUT2D eigenvalue weighted by atomic mass is 10.1. The summed E-state index contributed by atoms with van der Waals surface area (Å²) in [5, 5.41) is 3.51. The maximum absolute atomic E-state index is 3.51. The van der Waals surface area contributed by atoms with E-state index in [1.165, 1.54) is 24.1 Å². The van der Waals surface area contributed by atoms with Gasteiger partial charge in [0.1, 0.15) is 0 Å². The van der Waals surface area contributed by atoms with Gasteiger partial charge in [0, 0.05) is 18.3 Å². The fourth-order valence-electron chi connectivity index (χ4n) is 2.00. The smallest absolute Gasteiger partial charge is 0.0373 e. The van der Waals surface area contributed by atoms with Gasteiger partial charge in [0.2, 0.25) is 0 Å². The fraction of sp³-hybridized carbons (Fsp3) is 0.500. The molecule has 0 radical (unpaired) electrons. The summed E-state index contributed by atoms with van der Waals surface area (Å²) in [4.78, 5) is 2.30. The molecule has 1 aromatic carbocycles. The molecular formula is C12H18N2. The van der Waals surface area contributed by atoms with Crippen molar-refractivity contribution in [2.24, 2.45) is 0 Å². The summed E-state index contributed by atoms with van der Waals surface area (Å²) < 4.78 is 0. The van der Waals surface area contributed by atoms with Crippen molar-refractivity contribution in [1.82, 2.24) is 4.90 Å². The van der Waals surface area contributed by atoms with E-state index in [1.54, 1.807) is 0 Å². The van der Waals surface area contributed by atoms with Crippen LogP contribution in [0.3, 0.4) is 0 Å². The Labute approximate surface area is 85.9 Å². The molecule has 0 spiro atoms. The molecule has 1 heterocycles. The van der Waals surface area contributed by atoms with Crippen LogP contribution in [-0.4, -0.2) is 31.6 Å². The minimum atomic E-state index is 0.655. The third-order valence-electron chi connectivity index (χ3n) is 3.02. The summed E-state index contributed by atoms with van der Waals surface area (Å²) in [5.74, 6) is 0. The van der Waals surface area contributed by atoms with Crippen LogP contribution >= 0.6 is 0 Å². The SMILES string of the molecule is CN(C)[C@H]1CCc2ccccc2NC1. The molecule has 1 N–H and O–H groups in total. The number of fused-ring (bicyclic) bond motifs is 1. The van der Waals surface area contributed by atoms with Crippen LogP contribution in [0.2, 0.25) is 0 Å². The lowest BCUT2D eigenvalue weighted by Crippen LogP contribution is -2.33. The first-order valence-corrected chi connectivity index (χ1v) is 5.25. The summed E-state index contributed by atoms with van der Waals surface area (Å²) in [6.07, 6.45) is 2.43. The number of hydrogen-bond donors (Lipinski definition) is 1. The Morgan fingerprint density at radius 2 is 2.07 bits per heavy atom. The van der Waals surface area contributed by atoms with Gasteiger partial charge in [-0.2, -0.15) is 0 Å². The molecule has 1 aromatic rings. The lowest BCUT2D eigenvalue weighted by molar-refractivity contribution is 0.293. The number of nitrogens with zero attached hydrogens (tertiary/aromatic N) is 1. The molecule has 0 unspecified atom stereocenters. The maximum Gasteiger partial charge on any atom is 0.0373 e. The van der Waals surface area contributed by atoms with E-state index in [1.807, 2.05) is 0 Å². The monoisotopic (exact) mass is 190 g/mol. The van der Waals surface area contributed by atoms with Crippen LogP contribution in [0.4, 0.5) is 5.69 Å². The summed E-state index contributed by atoms with van der Waals surface area (Å²) >= 11 is 0. The van der Waals surface area contributed by atoms with Crippen molar-refractivity contribution in [3.8, 4) is 0 Å². The zero-order valence-corrected chi connectivity index (χ0v) is 8.96. The van der Waals surface area contributed by atoms with Crippen molar-refractivity contribution in [1.29, 1.82) is 0 Å². The van der Waals surface area contributed by atoms with Crippen LogP contribution in [0.1, 0.15) is 12.0 Å². The van der Waals surface area contributed by atoms with E-state index < -0.39 is 0 Å². The third-order valence-corrected chi connectivity index (χ3v) is 3.02. The van der Waals surface area contributed by atoms with E-state index in [0.717, 1.165) is 6.54 Å². The van der Waals surface area contributed by atoms with Gasteiger partial charge in [-0.25, -0.2) is 0 Å². The molecule has 0 aromatic heterocycles. The highest BCUT2D eigenvalue weighted by Crippen LogP contribution is 2.21. The Morgan fingerprint density at radius 3 is 2.86 bits per heavy atom. The minimum Gasteiger partial charge on any atom is -0.383 e. The number of aryl methyl sites for hydroxylation is 1. The number of likely N-dealkylation sites (N-methyl/N-ethyl adjacent to an activating group) is 1. The normalized spacial score (nSPS) is 21.2. The van der Waals surface area contributed by atoms with Gasteiger partial charge in [-0.3, -0.25) is 0 Å². The largest absolute Gasteiger partial charge is 0.383 e. The van der Waals surface area contributed by atoms with Gasteiger partial charge in [-0.05, 0) is 38.6 Å². The molecule has 1 aliphatic rings. The number of benzene rings is 1. The standard InChI is InChI=1S/C12H18N2/c1-14(2)11-8-7-10-5-3-4-6-12(10)13-9-11/h3-6,11,13H,7-9H2,1-2H3/t11-/m0/s1. The van der Waals surface area contributed by atoms with Crippen LogP contribution in [0, 0.1) is 0 Å². The first kappa shape index (κ1) is 9.53. The second kappa shape index (κ2) is 4.01. The van der Waals surface area contributed by atoms with E-state index in [2.05, 4.69) is 48.6 Å². The van der Waals surface area contributed by atoms with Gasteiger partial charge >= 0.3 is 0 Å². The van der Waals surface area contributed by atoms with Gasteiger partial charge in [0.25, 0.3) is 0 Å². The molecule has 0 amide bonds. The van der Waals surface area contributed by atoms with E-state index in [0.29, 0.717) is 6.04 Å². The molecule has 0 bridgehead atoms. The highest BCUT2D eigenvalue weighted by molar-refractivity contribution is 5.52. The van der Waals surface area contributed by atoms with Crippen molar-refractivity contribution in [3.63, 3.8) is 0 Å². The number of rotatable bonds is 1. The molecule has 2 rings (SSSR count). The van der Waals surface area contributed by atoms with Gasteiger partial charge in [-0.1, -0.05) is 18.2 Å². The van der Waals surface area contributed by atoms with Crippen LogP contribution in [-0.2, 0) is 6.42 Å². The van der Waals surface area contributed by atoms with Crippen LogP contribution in [0.15, 0.2) is 24.3 Å². The van der Waals surface area contributed by atoms with Crippen molar-refractivity contribution < 1.29 is 0 Å². The van der Waals surface area contributed by atoms with Crippen LogP contribution < -0.4 is 5.32 Å². The molecule has 1 aliphatic heterocycles. The van der Waals surface area contributed by atoms with Crippen LogP contribution in [0.5, 0.6) is 0 Å². The van der Waals surface area contributed by atoms with Crippen molar-refractivity contribution in [2.45, 2.75) is 18.9 Å². The zero-order valence-electron chi connectivity index (χ0n) is 8.96. The molecule has 0 fully saturated rings. The molecular weight excluding hydrogens is 172 g/mol. The van der Waals surface area contributed by atoms with E-state index >= 15 is 0 Å². The van der Waals surface area contributed by atoms with E-state index in [9.17, 15) is 0 Å². The first-order chi connectivity index (χ1) is 6.77. The first-order valence-electron chi connectivity index (χ1n) is 5.25. The zero-order chi connectivity index (χ0) is 9.97. The van der Waals surface area contributed by atoms with Crippen molar-refractivity contribution in [3.05, 3.63) is 29.8 Å². The Kier molecular flexibility index (Phi) is 2.73. The van der Waals surface area contributed by atoms with Gasteiger partial charge in [0.15, 0.2) is 0 Å². The second-order valence-corrected chi connectivity index (χ2v) is 4.19. The summed E-state index contributed by atoms with van der Waals surface area (Å²) in [6.45, 7) is 1.06. The minimum absolute atomic E-state index is 0.655. The number of nitrogens with one attached hydrogen (secondary N) is 1. The van der Waals surface area contributed by atoms with Crippen molar-refractivity contribution in [2.75, 3.05) is 26.0 Å². The molecule has 0 aliphatic carbocycles. The molecule has 2 nitrogen and oxygen atoms in total. The summed E-state index contributed by atoms with van der Waals surface area (Å²) in [6, 6.07) is 9.27. The average Bonchev–Trinajstić information content (AvgIpc) is 2.39. The van der Waals surface area contributed by atoms with Crippen molar-refractivity contribution >= 4 is 5.69 Å². The average molecular weight is 190 g/mol. The number of anilines is 1. The molecule has 0 saturated carbocycles. The summed E-state index contributed by atoms with van der Waals surface area (Å²) in [5.41, 5.74) is 2.77. The van der Waals surface area contributed by atoms with Gasteiger partial charge in [-0.15, -0.1) is 0 Å². The number of para-hydroxylation sites is 1. The predicted molar refractivity (Wildman–Crippen MR) is 60.7 cm³/mol. The highest BCUT2D eigenvalue weighted by Gasteiger charge is 2.16. The summed E-state index contributed by atoms with van der Waals surface area (Å²) in [7, 11) is 4.31. The van der Waals surface area contributed by atoms with E-state index in [4.69, 9.17) is 0 Å². The maximum atomic E-state index is 3.51. The molecule has 2 heteroatoms.